The van der Waals surface area contributed by atoms with Crippen LogP contribution in [0.2, 0.25) is 0 Å². The third-order valence-electron chi connectivity index (χ3n) is 4.64. The number of hydrogen-bond donors (Lipinski definition) is 1. The maximum atomic E-state index is 13.0. The molecule has 172 valence electrons. The van der Waals surface area contributed by atoms with Gasteiger partial charge in [0.15, 0.2) is 0 Å². The van der Waals surface area contributed by atoms with Crippen LogP contribution < -0.4 is 15.0 Å². The molecular formula is C21H22F3N3O4S. The molecule has 3 aromatic rings. The van der Waals surface area contributed by atoms with Gasteiger partial charge in [-0.25, -0.2) is 18.1 Å². The number of hydrogen-bond acceptors (Lipinski definition) is 5. The molecule has 0 atom stereocenters. The van der Waals surface area contributed by atoms with Gasteiger partial charge in [0.25, 0.3) is 5.56 Å². The Morgan fingerprint density at radius 3 is 2.28 bits per heavy atom. The Hall–Kier alpha value is -2.92. The largest absolute Gasteiger partial charge is 0.573 e. The minimum absolute atomic E-state index is 0.0170. The summed E-state index contributed by atoms with van der Waals surface area (Å²) >= 11 is 0. The van der Waals surface area contributed by atoms with E-state index in [1.807, 2.05) is 13.8 Å². The van der Waals surface area contributed by atoms with Crippen LogP contribution in [0.5, 0.6) is 5.75 Å². The molecule has 0 fully saturated rings. The van der Waals surface area contributed by atoms with Crippen LogP contribution in [0.15, 0.2) is 47.3 Å². The lowest BCUT2D eigenvalue weighted by Crippen LogP contribution is -2.32. The molecule has 0 aliphatic rings. The van der Waals surface area contributed by atoms with Gasteiger partial charge >= 0.3 is 6.36 Å². The first kappa shape index (κ1) is 23.7. The topological polar surface area (TPSA) is 90.3 Å². The first-order valence-corrected chi connectivity index (χ1v) is 11.6. The van der Waals surface area contributed by atoms with E-state index in [2.05, 4.69) is 14.4 Å². The van der Waals surface area contributed by atoms with Gasteiger partial charge in [0.1, 0.15) is 11.4 Å². The van der Waals surface area contributed by atoms with Gasteiger partial charge in [0, 0.05) is 19.0 Å². The summed E-state index contributed by atoms with van der Waals surface area (Å²) in [6, 6.07) is 10.5. The van der Waals surface area contributed by atoms with Crippen LogP contribution in [0, 0.1) is 0 Å². The molecule has 0 aliphatic heterocycles. The summed E-state index contributed by atoms with van der Waals surface area (Å²) in [5, 5.41) is 0. The first-order valence-electron chi connectivity index (χ1n) is 9.69. The third kappa shape index (κ3) is 5.86. The average Bonchev–Trinajstić information content (AvgIpc) is 2.67. The van der Waals surface area contributed by atoms with Gasteiger partial charge in [0.05, 0.1) is 17.3 Å². The standard InChI is InChI=1S/C21H22F3N3O4S/c1-13(2)19-20(28)27(11-10-25-32(3,29)30)18-12-15(6-9-17(18)26-19)14-4-7-16(8-5-14)31-21(22,23)24/h4-9,12-13,25H,10-11H2,1-3H3. The number of rotatable bonds is 7. The maximum absolute atomic E-state index is 13.0. The molecule has 32 heavy (non-hydrogen) atoms. The van der Waals surface area contributed by atoms with Crippen molar-refractivity contribution in [2.24, 2.45) is 0 Å². The summed E-state index contributed by atoms with van der Waals surface area (Å²) in [6.07, 6.45) is -3.75. The highest BCUT2D eigenvalue weighted by Crippen LogP contribution is 2.28. The minimum Gasteiger partial charge on any atom is -0.406 e. The highest BCUT2D eigenvalue weighted by Gasteiger charge is 2.31. The molecule has 0 saturated heterocycles. The van der Waals surface area contributed by atoms with Crippen molar-refractivity contribution in [3.05, 3.63) is 58.5 Å². The molecule has 0 amide bonds. The lowest BCUT2D eigenvalue weighted by molar-refractivity contribution is -0.274. The number of fused-ring (bicyclic) bond motifs is 1. The van der Waals surface area contributed by atoms with Crippen molar-refractivity contribution >= 4 is 21.1 Å². The van der Waals surface area contributed by atoms with Crippen LogP contribution in [-0.4, -0.2) is 37.1 Å². The van der Waals surface area contributed by atoms with Gasteiger partial charge in [-0.2, -0.15) is 0 Å². The summed E-state index contributed by atoms with van der Waals surface area (Å²) in [5.74, 6) is -0.476. The first-order chi connectivity index (χ1) is 14.8. The Balaban J connectivity index is 2.05. The highest BCUT2D eigenvalue weighted by molar-refractivity contribution is 7.88. The number of nitrogens with one attached hydrogen (secondary N) is 1. The Labute approximate surface area is 182 Å². The maximum Gasteiger partial charge on any atom is 0.573 e. The van der Waals surface area contributed by atoms with Gasteiger partial charge in [-0.05, 0) is 35.4 Å². The molecule has 0 unspecified atom stereocenters. The van der Waals surface area contributed by atoms with Crippen LogP contribution in [0.25, 0.3) is 22.2 Å². The van der Waals surface area contributed by atoms with Crippen LogP contribution in [0.3, 0.4) is 0 Å². The molecule has 7 nitrogen and oxygen atoms in total. The smallest absolute Gasteiger partial charge is 0.406 e. The average molecular weight is 469 g/mol. The van der Waals surface area contributed by atoms with Gasteiger partial charge in [0.2, 0.25) is 10.0 Å². The summed E-state index contributed by atoms with van der Waals surface area (Å²) in [7, 11) is -3.43. The van der Waals surface area contributed by atoms with Crippen LogP contribution >= 0.6 is 0 Å². The number of alkyl halides is 3. The number of sulfonamides is 1. The van der Waals surface area contributed by atoms with Gasteiger partial charge in [-0.3, -0.25) is 4.79 Å². The number of ether oxygens (including phenoxy) is 1. The zero-order valence-electron chi connectivity index (χ0n) is 17.6. The van der Waals surface area contributed by atoms with Crippen molar-refractivity contribution in [1.82, 2.24) is 14.3 Å². The molecule has 0 aliphatic carbocycles. The number of nitrogens with zero attached hydrogens (tertiary/aromatic N) is 2. The predicted molar refractivity (Wildman–Crippen MR) is 115 cm³/mol. The van der Waals surface area contributed by atoms with Crippen molar-refractivity contribution in [2.75, 3.05) is 12.8 Å². The van der Waals surface area contributed by atoms with E-state index in [0.717, 1.165) is 6.26 Å². The van der Waals surface area contributed by atoms with Crippen molar-refractivity contribution in [2.45, 2.75) is 32.7 Å². The van der Waals surface area contributed by atoms with Crippen molar-refractivity contribution < 1.29 is 26.3 Å². The molecule has 1 N–H and O–H groups in total. The van der Waals surface area contributed by atoms with E-state index in [0.29, 0.717) is 27.9 Å². The Morgan fingerprint density at radius 2 is 1.72 bits per heavy atom. The summed E-state index contributed by atoms with van der Waals surface area (Å²) in [4.78, 5) is 17.5. The molecule has 11 heteroatoms. The zero-order valence-corrected chi connectivity index (χ0v) is 18.4. The second-order valence-corrected chi connectivity index (χ2v) is 9.38. The van der Waals surface area contributed by atoms with Crippen molar-refractivity contribution in [3.8, 4) is 16.9 Å². The molecule has 0 bridgehead atoms. The fourth-order valence-corrected chi connectivity index (χ4v) is 3.69. The molecule has 2 aromatic carbocycles. The monoisotopic (exact) mass is 469 g/mol. The van der Waals surface area contributed by atoms with E-state index >= 15 is 0 Å². The normalized spacial score (nSPS) is 12.5. The molecule has 0 saturated carbocycles. The Morgan fingerprint density at radius 1 is 1.09 bits per heavy atom. The Kier molecular flexibility index (Phi) is 6.61. The number of aromatic nitrogens is 2. The van der Waals surface area contributed by atoms with Gasteiger partial charge in [-0.15, -0.1) is 13.2 Å². The van der Waals surface area contributed by atoms with E-state index in [9.17, 15) is 26.4 Å². The summed E-state index contributed by atoms with van der Waals surface area (Å²) in [5.41, 5.74) is 2.34. The van der Waals surface area contributed by atoms with E-state index < -0.39 is 16.4 Å². The lowest BCUT2D eigenvalue weighted by Gasteiger charge is -2.15. The highest BCUT2D eigenvalue weighted by atomic mass is 32.2. The van der Waals surface area contributed by atoms with Crippen molar-refractivity contribution in [3.63, 3.8) is 0 Å². The number of halogens is 3. The SMILES string of the molecule is CC(C)c1nc2ccc(-c3ccc(OC(F)(F)F)cc3)cc2n(CCNS(C)(=O)=O)c1=O. The molecule has 1 heterocycles. The summed E-state index contributed by atoms with van der Waals surface area (Å²) < 4.78 is 67.7. The molecule has 0 radical (unpaired) electrons. The van der Waals surface area contributed by atoms with Crippen LogP contribution in [0.4, 0.5) is 13.2 Å². The predicted octanol–water partition coefficient (Wildman–Crippen LogP) is 3.63. The van der Waals surface area contributed by atoms with Crippen LogP contribution in [0.1, 0.15) is 25.5 Å². The van der Waals surface area contributed by atoms with Gasteiger partial charge < -0.3 is 9.30 Å². The molecule has 1 aromatic heterocycles. The second kappa shape index (κ2) is 8.91. The molecule has 3 rings (SSSR count). The third-order valence-corrected chi connectivity index (χ3v) is 5.37. The van der Waals surface area contributed by atoms with E-state index in [-0.39, 0.29) is 30.3 Å². The molecule has 0 spiro atoms. The number of benzene rings is 2. The van der Waals surface area contributed by atoms with E-state index in [4.69, 9.17) is 0 Å². The Bertz CT molecular complexity index is 1280. The van der Waals surface area contributed by atoms with Crippen LogP contribution in [-0.2, 0) is 16.6 Å². The summed E-state index contributed by atoms with van der Waals surface area (Å²) in [6.45, 7) is 3.79. The van der Waals surface area contributed by atoms with Crippen molar-refractivity contribution in [1.29, 1.82) is 0 Å². The fourth-order valence-electron chi connectivity index (χ4n) is 3.23. The van der Waals surface area contributed by atoms with Gasteiger partial charge in [-0.1, -0.05) is 32.0 Å². The molecular weight excluding hydrogens is 447 g/mol. The van der Waals surface area contributed by atoms with E-state index in [1.165, 1.54) is 28.8 Å². The quantitative estimate of drug-likeness (QED) is 0.571. The minimum atomic E-state index is -4.78. The zero-order chi connectivity index (χ0) is 23.7. The fraction of sp³-hybridized carbons (Fsp3) is 0.333. The second-order valence-electron chi connectivity index (χ2n) is 7.55. The lowest BCUT2D eigenvalue weighted by atomic mass is 10.0. The van der Waals surface area contributed by atoms with E-state index in [1.54, 1.807) is 18.2 Å².